The number of phenols is 1. The normalized spacial score (nSPS) is 14.8. The minimum atomic E-state index is -0.294. The van der Waals surface area contributed by atoms with E-state index in [-0.39, 0.29) is 23.6 Å². The van der Waals surface area contributed by atoms with Crippen molar-refractivity contribution in [3.8, 4) is 5.75 Å². The van der Waals surface area contributed by atoms with Gasteiger partial charge >= 0.3 is 0 Å². The van der Waals surface area contributed by atoms with E-state index >= 15 is 0 Å². The summed E-state index contributed by atoms with van der Waals surface area (Å²) in [4.78, 5) is 34.4. The summed E-state index contributed by atoms with van der Waals surface area (Å²) >= 11 is 1.22. The molecule has 5 rings (SSSR count). The van der Waals surface area contributed by atoms with Gasteiger partial charge in [0.25, 0.3) is 5.91 Å². The molecule has 40 heavy (non-hydrogen) atoms. The van der Waals surface area contributed by atoms with Crippen molar-refractivity contribution in [1.82, 2.24) is 19.7 Å². The molecule has 0 spiro atoms. The van der Waals surface area contributed by atoms with Gasteiger partial charge in [0.15, 0.2) is 10.9 Å². The van der Waals surface area contributed by atoms with Crippen LogP contribution in [0.4, 0.5) is 22.3 Å². The number of rotatable bonds is 8. The average molecular weight is 560 g/mol. The van der Waals surface area contributed by atoms with Crippen molar-refractivity contribution < 1.29 is 14.7 Å². The van der Waals surface area contributed by atoms with Crippen LogP contribution in [0.2, 0.25) is 0 Å². The summed E-state index contributed by atoms with van der Waals surface area (Å²) in [6.45, 7) is 4.95. The lowest BCUT2D eigenvalue weighted by molar-refractivity contribution is -0.129. The van der Waals surface area contributed by atoms with E-state index in [2.05, 4.69) is 20.7 Å². The minimum Gasteiger partial charge on any atom is -0.508 e. The number of phenolic OH excluding ortho intramolecular Hbond substituents is 1. The second-order valence-electron chi connectivity index (χ2n) is 10.2. The van der Waals surface area contributed by atoms with Crippen molar-refractivity contribution >= 4 is 45.5 Å². The smallest absolute Gasteiger partial charge is 0.267 e. The van der Waals surface area contributed by atoms with Crippen molar-refractivity contribution in [3.05, 3.63) is 76.4 Å². The number of nitrogens with zero attached hydrogens (tertiary/aromatic N) is 5. The van der Waals surface area contributed by atoms with Gasteiger partial charge in [0.2, 0.25) is 5.91 Å². The predicted molar refractivity (Wildman–Crippen MR) is 158 cm³/mol. The number of aromatic hydroxyl groups is 1. The van der Waals surface area contributed by atoms with Crippen LogP contribution in [0.1, 0.15) is 38.8 Å². The van der Waals surface area contributed by atoms with E-state index in [4.69, 9.17) is 0 Å². The van der Waals surface area contributed by atoms with Crippen LogP contribution < -0.4 is 15.5 Å². The van der Waals surface area contributed by atoms with E-state index in [1.165, 1.54) is 17.5 Å². The Morgan fingerprint density at radius 3 is 2.65 bits per heavy atom. The summed E-state index contributed by atoms with van der Waals surface area (Å²) in [6.07, 6.45) is 4.63. The number of nitrogens with one attached hydrogen (secondary N) is 2. The van der Waals surface area contributed by atoms with E-state index < -0.39 is 0 Å². The largest absolute Gasteiger partial charge is 0.508 e. The number of likely N-dealkylation sites (tertiary alicyclic amines) is 1. The monoisotopic (exact) mass is 559 g/mol. The standard InChI is InChI=1S/C29H33N7O3S/c1-18-5-10-23(37)19(2)27(18)32-28(39)24-16-30-29(40-24)31-25-12-14-36(33-25)22-11-13-35(17-22)26(38)15-20-6-8-21(9-7-20)34(3)4/h5-10,12,14,16,22,37H,11,13,15,17H2,1-4H3,(H,32,39)(H,30,31,33)/t22-/m1/s1. The fourth-order valence-corrected chi connectivity index (χ4v) is 5.46. The first-order chi connectivity index (χ1) is 19.2. The van der Waals surface area contributed by atoms with Crippen LogP contribution in [-0.2, 0) is 11.2 Å². The molecule has 3 N–H and O–H groups in total. The first kappa shape index (κ1) is 27.2. The number of aromatic nitrogens is 3. The summed E-state index contributed by atoms with van der Waals surface area (Å²) in [7, 11) is 3.99. The second-order valence-corrected chi connectivity index (χ2v) is 11.2. The summed E-state index contributed by atoms with van der Waals surface area (Å²) in [5.41, 5.74) is 4.19. The summed E-state index contributed by atoms with van der Waals surface area (Å²) < 4.78 is 1.89. The Balaban J connectivity index is 1.16. The number of thiazole rings is 1. The highest BCUT2D eigenvalue weighted by Crippen LogP contribution is 2.30. The Labute approximate surface area is 237 Å². The number of carbonyl (C=O) groups excluding carboxylic acids is 2. The number of amides is 2. The molecule has 1 saturated heterocycles. The van der Waals surface area contributed by atoms with Gasteiger partial charge in [-0.15, -0.1) is 0 Å². The molecular weight excluding hydrogens is 526 g/mol. The zero-order valence-electron chi connectivity index (χ0n) is 23.0. The maximum atomic E-state index is 12.9. The molecule has 10 nitrogen and oxygen atoms in total. The maximum absolute atomic E-state index is 12.9. The third-order valence-electron chi connectivity index (χ3n) is 7.15. The first-order valence-electron chi connectivity index (χ1n) is 13.1. The van der Waals surface area contributed by atoms with Gasteiger partial charge in [-0.1, -0.05) is 29.5 Å². The highest BCUT2D eigenvalue weighted by atomic mass is 32.1. The lowest BCUT2D eigenvalue weighted by Gasteiger charge is -2.17. The highest BCUT2D eigenvalue weighted by Gasteiger charge is 2.28. The molecule has 208 valence electrons. The molecule has 2 amide bonds. The van der Waals surface area contributed by atoms with Crippen LogP contribution in [0.25, 0.3) is 0 Å². The molecule has 0 aliphatic carbocycles. The van der Waals surface area contributed by atoms with Gasteiger partial charge in [0.05, 0.1) is 24.3 Å². The minimum absolute atomic E-state index is 0.0991. The van der Waals surface area contributed by atoms with Crippen LogP contribution in [0.3, 0.4) is 0 Å². The fourth-order valence-electron chi connectivity index (χ4n) is 4.74. The number of hydrogen-bond donors (Lipinski definition) is 3. The van der Waals surface area contributed by atoms with E-state index in [1.807, 2.05) is 72.0 Å². The Morgan fingerprint density at radius 1 is 1.12 bits per heavy atom. The van der Waals surface area contributed by atoms with Crippen molar-refractivity contribution in [1.29, 1.82) is 0 Å². The Bertz CT molecular complexity index is 1530. The van der Waals surface area contributed by atoms with E-state index in [1.54, 1.807) is 19.1 Å². The third kappa shape index (κ3) is 5.94. The van der Waals surface area contributed by atoms with Gasteiger partial charge in [-0.2, -0.15) is 5.10 Å². The molecule has 2 aromatic heterocycles. The second kappa shape index (κ2) is 11.4. The molecule has 4 aromatic rings. The van der Waals surface area contributed by atoms with Gasteiger partial charge in [0, 0.05) is 50.7 Å². The third-order valence-corrected chi connectivity index (χ3v) is 8.07. The van der Waals surface area contributed by atoms with Gasteiger partial charge in [-0.25, -0.2) is 4.98 Å². The zero-order valence-corrected chi connectivity index (χ0v) is 23.8. The lowest BCUT2D eigenvalue weighted by Crippen LogP contribution is -2.30. The fraction of sp³-hybridized carbons (Fsp3) is 0.310. The van der Waals surface area contributed by atoms with Crippen LogP contribution in [-0.4, -0.2) is 63.8 Å². The van der Waals surface area contributed by atoms with Gasteiger partial charge in [-0.3, -0.25) is 14.3 Å². The number of hydrogen-bond acceptors (Lipinski definition) is 8. The molecule has 0 bridgehead atoms. The highest BCUT2D eigenvalue weighted by molar-refractivity contribution is 7.17. The molecule has 2 aromatic carbocycles. The Hall–Kier alpha value is -4.38. The molecule has 1 atom stereocenters. The number of aryl methyl sites for hydroxylation is 1. The Morgan fingerprint density at radius 2 is 1.90 bits per heavy atom. The van der Waals surface area contributed by atoms with E-state index in [0.717, 1.165) is 23.2 Å². The van der Waals surface area contributed by atoms with Crippen LogP contribution in [0.15, 0.2) is 54.9 Å². The van der Waals surface area contributed by atoms with Crippen molar-refractivity contribution in [3.63, 3.8) is 0 Å². The lowest BCUT2D eigenvalue weighted by atomic mass is 10.1. The van der Waals surface area contributed by atoms with Gasteiger partial charge < -0.3 is 25.5 Å². The molecule has 1 fully saturated rings. The van der Waals surface area contributed by atoms with Crippen LogP contribution >= 0.6 is 11.3 Å². The molecular formula is C29H33N7O3S. The number of benzene rings is 2. The molecule has 0 saturated carbocycles. The molecule has 1 aliphatic rings. The Kier molecular flexibility index (Phi) is 7.74. The summed E-state index contributed by atoms with van der Waals surface area (Å²) in [6, 6.07) is 13.4. The van der Waals surface area contributed by atoms with Gasteiger partial charge in [-0.05, 0) is 49.6 Å². The topological polar surface area (TPSA) is 116 Å². The van der Waals surface area contributed by atoms with Crippen molar-refractivity contribution in [2.24, 2.45) is 0 Å². The average Bonchev–Trinajstić information content (AvgIpc) is 3.70. The van der Waals surface area contributed by atoms with Gasteiger partial charge in [0.1, 0.15) is 10.6 Å². The van der Waals surface area contributed by atoms with Crippen LogP contribution in [0, 0.1) is 13.8 Å². The summed E-state index contributed by atoms with van der Waals surface area (Å²) in [5.74, 6) is 0.576. The number of anilines is 4. The molecule has 11 heteroatoms. The van der Waals surface area contributed by atoms with E-state index in [0.29, 0.717) is 46.6 Å². The molecule has 1 aliphatic heterocycles. The van der Waals surface area contributed by atoms with Crippen molar-refractivity contribution in [2.75, 3.05) is 42.7 Å². The van der Waals surface area contributed by atoms with Crippen molar-refractivity contribution in [2.45, 2.75) is 32.7 Å². The quantitative estimate of drug-likeness (QED) is 0.286. The molecule has 3 heterocycles. The first-order valence-corrected chi connectivity index (χ1v) is 13.9. The maximum Gasteiger partial charge on any atom is 0.267 e. The zero-order chi connectivity index (χ0) is 28.4. The van der Waals surface area contributed by atoms with Crippen LogP contribution in [0.5, 0.6) is 5.75 Å². The summed E-state index contributed by atoms with van der Waals surface area (Å²) in [5, 5.41) is 21.2. The molecule has 0 unspecified atom stereocenters. The SMILES string of the molecule is Cc1ccc(O)c(C)c1NC(=O)c1cnc(Nc2ccn([C@@H]3CCN(C(=O)Cc4ccc(N(C)C)cc4)C3)n2)s1. The predicted octanol–water partition coefficient (Wildman–Crippen LogP) is 4.74. The van der Waals surface area contributed by atoms with E-state index in [9.17, 15) is 14.7 Å². The number of carbonyl (C=O) groups is 2. The molecule has 0 radical (unpaired) electrons.